The molecule has 5 fully saturated rings. The van der Waals surface area contributed by atoms with Crippen molar-refractivity contribution in [3.05, 3.63) is 0 Å². The van der Waals surface area contributed by atoms with Crippen molar-refractivity contribution in [1.82, 2.24) is 0 Å². The van der Waals surface area contributed by atoms with Gasteiger partial charge in [-0.25, -0.2) is 0 Å². The van der Waals surface area contributed by atoms with Crippen molar-refractivity contribution in [2.45, 2.75) is 68.4 Å². The Labute approximate surface area is 108 Å². The third-order valence-electron chi connectivity index (χ3n) is 6.46. The summed E-state index contributed by atoms with van der Waals surface area (Å²) < 4.78 is 18.8. The van der Waals surface area contributed by atoms with Crippen molar-refractivity contribution in [1.29, 1.82) is 0 Å². The third kappa shape index (κ3) is 0.981. The van der Waals surface area contributed by atoms with E-state index >= 15 is 0 Å². The molecular weight excluding hydrogens is 228 g/mol. The number of hydrogen-bond donors (Lipinski definition) is 0. The molecule has 3 aliphatic carbocycles. The molecule has 2 aliphatic heterocycles. The van der Waals surface area contributed by atoms with Gasteiger partial charge in [-0.1, -0.05) is 19.3 Å². The summed E-state index contributed by atoms with van der Waals surface area (Å²) >= 11 is 0. The molecule has 4 atom stereocenters. The molecule has 1 unspecified atom stereocenters. The van der Waals surface area contributed by atoms with Crippen LogP contribution in [0.5, 0.6) is 0 Å². The molecule has 100 valence electrons. The zero-order valence-electron chi connectivity index (χ0n) is 11.0. The number of ether oxygens (including phenoxy) is 3. The fraction of sp³-hybridized carbons (Fsp3) is 1.00. The lowest BCUT2D eigenvalue weighted by Crippen LogP contribution is -2.61. The summed E-state index contributed by atoms with van der Waals surface area (Å²) in [6, 6.07) is 0. The van der Waals surface area contributed by atoms with Crippen LogP contribution in [-0.2, 0) is 14.2 Å². The maximum absolute atomic E-state index is 6.45. The van der Waals surface area contributed by atoms with E-state index in [4.69, 9.17) is 14.2 Å². The van der Waals surface area contributed by atoms with Crippen LogP contribution in [-0.4, -0.2) is 30.2 Å². The number of rotatable bonds is 0. The van der Waals surface area contributed by atoms with Gasteiger partial charge in [0.1, 0.15) is 5.60 Å². The molecule has 3 heteroatoms. The lowest BCUT2D eigenvalue weighted by Gasteiger charge is -2.53. The highest BCUT2D eigenvalue weighted by atomic mass is 16.7. The summed E-state index contributed by atoms with van der Waals surface area (Å²) in [6.07, 6.45) is 10.3. The SMILES string of the molecule is C1CC2C[C@]34CCCC[C@]3(O4)[C@H](C1)C21OCCO1. The van der Waals surface area contributed by atoms with Crippen molar-refractivity contribution < 1.29 is 14.2 Å². The van der Waals surface area contributed by atoms with E-state index in [2.05, 4.69) is 0 Å². The second kappa shape index (κ2) is 3.13. The van der Waals surface area contributed by atoms with Crippen molar-refractivity contribution in [2.75, 3.05) is 13.2 Å². The predicted molar refractivity (Wildman–Crippen MR) is 65.1 cm³/mol. The van der Waals surface area contributed by atoms with E-state index in [1.54, 1.807) is 0 Å². The first kappa shape index (κ1) is 10.6. The Morgan fingerprint density at radius 3 is 2.61 bits per heavy atom. The highest BCUT2D eigenvalue weighted by Gasteiger charge is 2.82. The molecule has 18 heavy (non-hydrogen) atoms. The molecule has 0 amide bonds. The minimum atomic E-state index is -0.254. The molecule has 1 spiro atoms. The average molecular weight is 250 g/mol. The van der Waals surface area contributed by atoms with Crippen molar-refractivity contribution in [3.63, 3.8) is 0 Å². The molecule has 0 radical (unpaired) electrons. The standard InChI is InChI=1S/C15H22O3/c1-2-7-14-12-5-3-4-11(10-13(14,6-1)18-14)15(12)16-8-9-17-15/h11-12H,1-10H2/t11?,12-,13+,14-/m0/s1. The van der Waals surface area contributed by atoms with Crippen LogP contribution in [0, 0.1) is 11.8 Å². The fourth-order valence-corrected chi connectivity index (χ4v) is 5.88. The first-order chi connectivity index (χ1) is 8.82. The monoisotopic (exact) mass is 250 g/mol. The molecule has 2 heterocycles. The summed E-state index contributed by atoms with van der Waals surface area (Å²) in [4.78, 5) is 0. The van der Waals surface area contributed by atoms with Crippen molar-refractivity contribution >= 4 is 0 Å². The molecular formula is C15H22O3. The van der Waals surface area contributed by atoms with Crippen LogP contribution < -0.4 is 0 Å². The largest absolute Gasteiger partial charge is 0.362 e. The topological polar surface area (TPSA) is 31.0 Å². The zero-order chi connectivity index (χ0) is 11.8. The summed E-state index contributed by atoms with van der Waals surface area (Å²) in [5.74, 6) is 0.850. The Bertz CT molecular complexity index is 389. The Kier molecular flexibility index (Phi) is 1.85. The molecule has 3 nitrogen and oxygen atoms in total. The molecule has 0 N–H and O–H groups in total. The number of hydrogen-bond acceptors (Lipinski definition) is 3. The van der Waals surface area contributed by atoms with Crippen molar-refractivity contribution in [3.8, 4) is 0 Å². The molecule has 0 aromatic carbocycles. The molecule has 2 bridgehead atoms. The average Bonchev–Trinajstić information content (AvgIpc) is 2.82. The van der Waals surface area contributed by atoms with Crippen LogP contribution in [0.25, 0.3) is 0 Å². The van der Waals surface area contributed by atoms with Gasteiger partial charge in [-0.3, -0.25) is 0 Å². The second-order valence-corrected chi connectivity index (χ2v) is 7.00. The van der Waals surface area contributed by atoms with Gasteiger partial charge in [-0.15, -0.1) is 0 Å². The summed E-state index contributed by atoms with van der Waals surface area (Å²) in [6.45, 7) is 1.58. The fourth-order valence-electron chi connectivity index (χ4n) is 5.88. The minimum absolute atomic E-state index is 0.145. The Morgan fingerprint density at radius 1 is 0.889 bits per heavy atom. The van der Waals surface area contributed by atoms with E-state index in [-0.39, 0.29) is 17.0 Å². The Morgan fingerprint density at radius 2 is 1.72 bits per heavy atom. The van der Waals surface area contributed by atoms with E-state index < -0.39 is 0 Å². The maximum atomic E-state index is 6.45. The minimum Gasteiger partial charge on any atom is -0.362 e. The molecule has 5 aliphatic rings. The van der Waals surface area contributed by atoms with Gasteiger partial charge in [0.25, 0.3) is 0 Å². The molecule has 0 aromatic rings. The van der Waals surface area contributed by atoms with E-state index in [0.717, 1.165) is 13.2 Å². The van der Waals surface area contributed by atoms with Crippen molar-refractivity contribution in [2.24, 2.45) is 11.8 Å². The van der Waals surface area contributed by atoms with Crippen LogP contribution in [0.1, 0.15) is 51.4 Å². The van der Waals surface area contributed by atoms with Crippen LogP contribution in [0.4, 0.5) is 0 Å². The maximum Gasteiger partial charge on any atom is 0.177 e. The lowest BCUT2D eigenvalue weighted by atomic mass is 9.55. The van der Waals surface area contributed by atoms with Crippen LogP contribution in [0.15, 0.2) is 0 Å². The highest BCUT2D eigenvalue weighted by Crippen LogP contribution is 2.73. The quantitative estimate of drug-likeness (QED) is 0.619. The van der Waals surface area contributed by atoms with Gasteiger partial charge in [-0.2, -0.15) is 0 Å². The first-order valence-corrected chi connectivity index (χ1v) is 7.80. The Hall–Kier alpha value is -0.120. The van der Waals surface area contributed by atoms with E-state index in [9.17, 15) is 0 Å². The smallest absolute Gasteiger partial charge is 0.177 e. The van der Waals surface area contributed by atoms with Crippen LogP contribution >= 0.6 is 0 Å². The Balaban J connectivity index is 1.61. The van der Waals surface area contributed by atoms with Gasteiger partial charge in [0.05, 0.1) is 18.8 Å². The first-order valence-electron chi connectivity index (χ1n) is 7.80. The highest BCUT2D eigenvalue weighted by molar-refractivity contribution is 5.28. The molecule has 0 aromatic heterocycles. The summed E-state index contributed by atoms with van der Waals surface area (Å²) in [5, 5.41) is 0. The van der Waals surface area contributed by atoms with Gasteiger partial charge < -0.3 is 14.2 Å². The zero-order valence-corrected chi connectivity index (χ0v) is 11.0. The normalized spacial score (nSPS) is 56.0. The molecule has 5 rings (SSSR count). The van der Waals surface area contributed by atoms with E-state index in [0.29, 0.717) is 11.8 Å². The number of epoxide rings is 1. The summed E-state index contributed by atoms with van der Waals surface area (Å²) in [7, 11) is 0. The predicted octanol–water partition coefficient (Wildman–Crippen LogP) is 2.63. The van der Waals surface area contributed by atoms with Crippen LogP contribution in [0.2, 0.25) is 0 Å². The summed E-state index contributed by atoms with van der Waals surface area (Å²) in [5.41, 5.74) is 0.383. The van der Waals surface area contributed by atoms with Gasteiger partial charge in [0.2, 0.25) is 0 Å². The lowest BCUT2D eigenvalue weighted by molar-refractivity contribution is -0.270. The van der Waals surface area contributed by atoms with Gasteiger partial charge >= 0.3 is 0 Å². The second-order valence-electron chi connectivity index (χ2n) is 7.00. The van der Waals surface area contributed by atoms with Gasteiger partial charge in [-0.05, 0) is 32.1 Å². The molecule has 3 saturated carbocycles. The third-order valence-corrected chi connectivity index (χ3v) is 6.46. The van der Waals surface area contributed by atoms with Crippen LogP contribution in [0.3, 0.4) is 0 Å². The molecule has 2 saturated heterocycles. The van der Waals surface area contributed by atoms with Gasteiger partial charge in [0.15, 0.2) is 5.79 Å². The van der Waals surface area contributed by atoms with E-state index in [1.807, 2.05) is 0 Å². The van der Waals surface area contributed by atoms with Gasteiger partial charge in [0, 0.05) is 11.8 Å². The van der Waals surface area contributed by atoms with E-state index in [1.165, 1.54) is 51.4 Å².